The standard InChI is InChI=1S/C10H15F3N2O/c1-7-8(4-14)3-9(16-7)5-15(2)6-10(11,12)13/h3H,4-6,14H2,1-2H3. The van der Waals surface area contributed by atoms with Gasteiger partial charge in [-0.2, -0.15) is 13.2 Å². The van der Waals surface area contributed by atoms with Crippen LogP contribution in [-0.4, -0.2) is 24.7 Å². The molecule has 1 rings (SSSR count). The maximum absolute atomic E-state index is 12.1. The molecule has 0 aliphatic carbocycles. The summed E-state index contributed by atoms with van der Waals surface area (Å²) in [5.41, 5.74) is 6.27. The normalized spacial score (nSPS) is 12.4. The third-order valence-corrected chi connectivity index (χ3v) is 2.17. The first-order chi connectivity index (χ1) is 7.31. The van der Waals surface area contributed by atoms with Crippen LogP contribution in [0.3, 0.4) is 0 Å². The molecule has 6 heteroatoms. The van der Waals surface area contributed by atoms with E-state index in [1.165, 1.54) is 7.05 Å². The predicted molar refractivity (Wildman–Crippen MR) is 53.7 cm³/mol. The lowest BCUT2D eigenvalue weighted by molar-refractivity contribution is -0.144. The lowest BCUT2D eigenvalue weighted by atomic mass is 10.2. The van der Waals surface area contributed by atoms with E-state index in [1.54, 1.807) is 13.0 Å². The topological polar surface area (TPSA) is 42.4 Å². The number of furan rings is 1. The van der Waals surface area contributed by atoms with Crippen molar-refractivity contribution in [1.29, 1.82) is 0 Å². The molecule has 92 valence electrons. The Morgan fingerprint density at radius 3 is 2.50 bits per heavy atom. The van der Waals surface area contributed by atoms with Crippen molar-refractivity contribution < 1.29 is 17.6 Å². The zero-order valence-electron chi connectivity index (χ0n) is 9.27. The van der Waals surface area contributed by atoms with Gasteiger partial charge < -0.3 is 10.2 Å². The molecule has 0 aliphatic heterocycles. The van der Waals surface area contributed by atoms with Gasteiger partial charge in [-0.3, -0.25) is 4.90 Å². The van der Waals surface area contributed by atoms with Gasteiger partial charge >= 0.3 is 6.18 Å². The van der Waals surface area contributed by atoms with Crippen molar-refractivity contribution in [1.82, 2.24) is 4.90 Å². The Kier molecular flexibility index (Phi) is 3.98. The molecule has 0 aromatic carbocycles. The SMILES string of the molecule is Cc1oc(CN(C)CC(F)(F)F)cc1CN. The number of aryl methyl sites for hydroxylation is 1. The van der Waals surface area contributed by atoms with Crippen molar-refractivity contribution in [3.8, 4) is 0 Å². The third kappa shape index (κ3) is 3.86. The second-order valence-corrected chi connectivity index (χ2v) is 3.79. The molecule has 0 saturated carbocycles. The summed E-state index contributed by atoms with van der Waals surface area (Å²) < 4.78 is 41.5. The lowest BCUT2D eigenvalue weighted by Gasteiger charge is -2.16. The number of nitrogens with zero attached hydrogens (tertiary/aromatic N) is 1. The molecule has 1 aromatic rings. The van der Waals surface area contributed by atoms with E-state index in [0.717, 1.165) is 10.5 Å². The minimum atomic E-state index is -4.19. The van der Waals surface area contributed by atoms with Gasteiger partial charge in [-0.05, 0) is 20.0 Å². The first-order valence-corrected chi connectivity index (χ1v) is 4.85. The fourth-order valence-electron chi connectivity index (χ4n) is 1.50. The molecule has 2 N–H and O–H groups in total. The van der Waals surface area contributed by atoms with E-state index >= 15 is 0 Å². The van der Waals surface area contributed by atoms with Gasteiger partial charge in [0.2, 0.25) is 0 Å². The summed E-state index contributed by atoms with van der Waals surface area (Å²) in [6.45, 7) is 1.25. The Morgan fingerprint density at radius 1 is 1.44 bits per heavy atom. The van der Waals surface area contributed by atoms with Crippen LogP contribution in [0, 0.1) is 6.92 Å². The van der Waals surface area contributed by atoms with Gasteiger partial charge in [-0.1, -0.05) is 0 Å². The van der Waals surface area contributed by atoms with Gasteiger partial charge in [0.15, 0.2) is 0 Å². The molecule has 0 unspecified atom stereocenters. The molecular formula is C10H15F3N2O. The average molecular weight is 236 g/mol. The molecule has 0 spiro atoms. The Labute approximate surface area is 92.0 Å². The molecule has 1 aromatic heterocycles. The number of hydrogen-bond acceptors (Lipinski definition) is 3. The summed E-state index contributed by atoms with van der Waals surface area (Å²) in [4.78, 5) is 1.15. The van der Waals surface area contributed by atoms with Crippen LogP contribution in [0.2, 0.25) is 0 Å². The number of alkyl halides is 3. The van der Waals surface area contributed by atoms with Crippen molar-refractivity contribution in [2.24, 2.45) is 5.73 Å². The summed E-state index contributed by atoms with van der Waals surface area (Å²) in [5, 5.41) is 0. The summed E-state index contributed by atoms with van der Waals surface area (Å²) >= 11 is 0. The highest BCUT2D eigenvalue weighted by Gasteiger charge is 2.29. The lowest BCUT2D eigenvalue weighted by Crippen LogP contribution is -2.30. The molecule has 16 heavy (non-hydrogen) atoms. The highest BCUT2D eigenvalue weighted by atomic mass is 19.4. The zero-order chi connectivity index (χ0) is 12.3. The maximum atomic E-state index is 12.1. The number of nitrogens with two attached hydrogens (primary N) is 1. The Hall–Kier alpha value is -1.01. The zero-order valence-corrected chi connectivity index (χ0v) is 9.27. The van der Waals surface area contributed by atoms with Crippen molar-refractivity contribution in [3.05, 3.63) is 23.2 Å². The maximum Gasteiger partial charge on any atom is 0.401 e. The van der Waals surface area contributed by atoms with Crippen LogP contribution in [0.5, 0.6) is 0 Å². The average Bonchev–Trinajstić information content (AvgIpc) is 2.42. The van der Waals surface area contributed by atoms with Crippen LogP contribution in [-0.2, 0) is 13.1 Å². The summed E-state index contributed by atoms with van der Waals surface area (Å²) in [6, 6.07) is 1.70. The molecule has 0 aliphatic rings. The first kappa shape index (κ1) is 13.1. The number of halogens is 3. The van der Waals surface area contributed by atoms with Crippen molar-refractivity contribution in [2.45, 2.75) is 26.2 Å². The van der Waals surface area contributed by atoms with Crippen LogP contribution in [0.25, 0.3) is 0 Å². The monoisotopic (exact) mass is 236 g/mol. The highest BCUT2D eigenvalue weighted by Crippen LogP contribution is 2.19. The van der Waals surface area contributed by atoms with Crippen molar-refractivity contribution in [2.75, 3.05) is 13.6 Å². The second-order valence-electron chi connectivity index (χ2n) is 3.79. The van der Waals surface area contributed by atoms with E-state index in [0.29, 0.717) is 18.1 Å². The quantitative estimate of drug-likeness (QED) is 0.869. The first-order valence-electron chi connectivity index (χ1n) is 4.85. The molecular weight excluding hydrogens is 221 g/mol. The van der Waals surface area contributed by atoms with Gasteiger partial charge in [0.25, 0.3) is 0 Å². The van der Waals surface area contributed by atoms with Gasteiger partial charge in [0.1, 0.15) is 11.5 Å². The summed E-state index contributed by atoms with van der Waals surface area (Å²) in [6.07, 6.45) is -4.19. The second kappa shape index (κ2) is 4.88. The van der Waals surface area contributed by atoms with Crippen LogP contribution >= 0.6 is 0 Å². The van der Waals surface area contributed by atoms with Crippen LogP contribution in [0.15, 0.2) is 10.5 Å². The van der Waals surface area contributed by atoms with E-state index < -0.39 is 12.7 Å². The van der Waals surface area contributed by atoms with Crippen molar-refractivity contribution in [3.63, 3.8) is 0 Å². The van der Waals surface area contributed by atoms with E-state index in [4.69, 9.17) is 10.2 Å². The summed E-state index contributed by atoms with van der Waals surface area (Å²) in [5.74, 6) is 1.17. The molecule has 0 amide bonds. The van der Waals surface area contributed by atoms with Crippen LogP contribution in [0.4, 0.5) is 13.2 Å². The molecule has 0 bridgehead atoms. The fourth-order valence-corrected chi connectivity index (χ4v) is 1.50. The molecule has 1 heterocycles. The minimum absolute atomic E-state index is 0.125. The van der Waals surface area contributed by atoms with Crippen LogP contribution < -0.4 is 5.73 Å². The van der Waals surface area contributed by atoms with Gasteiger partial charge in [0.05, 0.1) is 13.1 Å². The Morgan fingerprint density at radius 2 is 2.06 bits per heavy atom. The molecule has 0 saturated heterocycles. The van der Waals surface area contributed by atoms with E-state index in [1.807, 2.05) is 0 Å². The Bertz CT molecular complexity index is 346. The highest BCUT2D eigenvalue weighted by molar-refractivity contribution is 5.20. The van der Waals surface area contributed by atoms with Crippen LogP contribution in [0.1, 0.15) is 17.1 Å². The van der Waals surface area contributed by atoms with E-state index in [2.05, 4.69) is 0 Å². The Balaban J connectivity index is 2.59. The number of hydrogen-bond donors (Lipinski definition) is 1. The predicted octanol–water partition coefficient (Wildman–Crippen LogP) is 2.04. The van der Waals surface area contributed by atoms with Crippen molar-refractivity contribution >= 4 is 0 Å². The van der Waals surface area contributed by atoms with Gasteiger partial charge in [-0.25, -0.2) is 0 Å². The molecule has 3 nitrogen and oxygen atoms in total. The summed E-state index contributed by atoms with van der Waals surface area (Å²) in [7, 11) is 1.40. The van der Waals surface area contributed by atoms with E-state index in [-0.39, 0.29) is 6.54 Å². The minimum Gasteiger partial charge on any atom is -0.465 e. The largest absolute Gasteiger partial charge is 0.465 e. The molecule has 0 radical (unpaired) electrons. The van der Waals surface area contributed by atoms with Gasteiger partial charge in [0, 0.05) is 12.1 Å². The smallest absolute Gasteiger partial charge is 0.401 e. The third-order valence-electron chi connectivity index (χ3n) is 2.17. The fraction of sp³-hybridized carbons (Fsp3) is 0.600. The van der Waals surface area contributed by atoms with Gasteiger partial charge in [-0.15, -0.1) is 0 Å². The van der Waals surface area contributed by atoms with E-state index in [9.17, 15) is 13.2 Å². The molecule has 0 fully saturated rings. The molecule has 0 atom stereocenters. The number of rotatable bonds is 4.